The van der Waals surface area contributed by atoms with E-state index in [9.17, 15) is 4.79 Å². The van der Waals surface area contributed by atoms with Crippen LogP contribution in [0.5, 0.6) is 0 Å². The summed E-state index contributed by atoms with van der Waals surface area (Å²) >= 11 is 0. The molecule has 1 saturated carbocycles. The van der Waals surface area contributed by atoms with Crippen molar-refractivity contribution in [1.82, 2.24) is 4.90 Å². The van der Waals surface area contributed by atoms with Gasteiger partial charge in [-0.2, -0.15) is 0 Å². The van der Waals surface area contributed by atoms with Crippen molar-refractivity contribution in [1.29, 1.82) is 0 Å². The Hall–Kier alpha value is -0.530. The molecule has 0 aromatic carbocycles. The first kappa shape index (κ1) is 9.56. The second kappa shape index (κ2) is 3.92. The lowest BCUT2D eigenvalue weighted by Crippen LogP contribution is -2.34. The van der Waals surface area contributed by atoms with E-state index in [1.165, 1.54) is 19.3 Å². The van der Waals surface area contributed by atoms with Crippen molar-refractivity contribution in [2.24, 2.45) is 5.92 Å². The van der Waals surface area contributed by atoms with Crippen molar-refractivity contribution in [3.63, 3.8) is 0 Å². The number of rotatable bonds is 2. The number of carbonyl (C=O) groups is 1. The molecule has 0 N–H and O–H groups in total. The number of carbonyl (C=O) groups excluding carboxylic acids is 1. The monoisotopic (exact) mass is 169 g/mol. The molecule has 1 fully saturated rings. The summed E-state index contributed by atoms with van der Waals surface area (Å²) in [5.74, 6) is 1.09. The van der Waals surface area contributed by atoms with E-state index in [1.54, 1.807) is 0 Å². The summed E-state index contributed by atoms with van der Waals surface area (Å²) in [6.07, 6.45) is 4.32. The van der Waals surface area contributed by atoms with Crippen LogP contribution in [-0.2, 0) is 4.79 Å². The van der Waals surface area contributed by atoms with Gasteiger partial charge in [0.25, 0.3) is 0 Å². The van der Waals surface area contributed by atoms with Crippen molar-refractivity contribution in [2.75, 3.05) is 7.05 Å². The van der Waals surface area contributed by atoms with Gasteiger partial charge in [-0.25, -0.2) is 0 Å². The zero-order valence-electron chi connectivity index (χ0n) is 8.34. The van der Waals surface area contributed by atoms with Gasteiger partial charge in [-0.15, -0.1) is 0 Å². The molecule has 2 unspecified atom stereocenters. The Bertz CT molecular complexity index is 167. The minimum atomic E-state index is 0.286. The summed E-state index contributed by atoms with van der Waals surface area (Å²) in [6, 6.07) is 0.521. The van der Waals surface area contributed by atoms with E-state index in [-0.39, 0.29) is 5.91 Å². The molecule has 1 aliphatic carbocycles. The third-order valence-corrected chi connectivity index (χ3v) is 2.91. The lowest BCUT2D eigenvalue weighted by molar-refractivity contribution is -0.131. The molecule has 2 atom stereocenters. The van der Waals surface area contributed by atoms with Gasteiger partial charge in [-0.05, 0) is 25.2 Å². The summed E-state index contributed by atoms with van der Waals surface area (Å²) < 4.78 is 0. The van der Waals surface area contributed by atoms with E-state index >= 15 is 0 Å². The van der Waals surface area contributed by atoms with Gasteiger partial charge >= 0.3 is 0 Å². The number of hydrogen-bond donors (Lipinski definition) is 0. The van der Waals surface area contributed by atoms with E-state index in [4.69, 9.17) is 0 Å². The molecule has 0 bridgehead atoms. The highest BCUT2D eigenvalue weighted by atomic mass is 16.2. The van der Waals surface area contributed by atoms with Crippen molar-refractivity contribution in [2.45, 2.75) is 45.6 Å². The Morgan fingerprint density at radius 2 is 2.17 bits per heavy atom. The SMILES string of the molecule is CCC(=O)N(C)C1CCC(C)C1. The van der Waals surface area contributed by atoms with Crippen molar-refractivity contribution < 1.29 is 4.79 Å². The predicted octanol–water partition coefficient (Wildman–Crippen LogP) is 2.04. The molecule has 0 aromatic heterocycles. The third kappa shape index (κ3) is 1.99. The second-order valence-electron chi connectivity index (χ2n) is 3.93. The first-order valence-corrected chi connectivity index (χ1v) is 4.90. The molecular formula is C10H19NO. The highest BCUT2D eigenvalue weighted by Gasteiger charge is 2.26. The summed E-state index contributed by atoms with van der Waals surface area (Å²) in [6.45, 7) is 4.20. The Morgan fingerprint density at radius 1 is 1.50 bits per heavy atom. The topological polar surface area (TPSA) is 20.3 Å². The molecule has 1 amide bonds. The van der Waals surface area contributed by atoms with Crippen molar-refractivity contribution in [3.8, 4) is 0 Å². The minimum Gasteiger partial charge on any atom is -0.343 e. The number of nitrogens with zero attached hydrogens (tertiary/aromatic N) is 1. The highest BCUT2D eigenvalue weighted by Crippen LogP contribution is 2.28. The molecule has 0 radical (unpaired) electrons. The quantitative estimate of drug-likeness (QED) is 0.619. The highest BCUT2D eigenvalue weighted by molar-refractivity contribution is 5.75. The molecule has 2 heteroatoms. The second-order valence-corrected chi connectivity index (χ2v) is 3.93. The fourth-order valence-electron chi connectivity index (χ4n) is 1.98. The average Bonchev–Trinajstić information content (AvgIpc) is 2.49. The van der Waals surface area contributed by atoms with Crippen LogP contribution in [0.4, 0.5) is 0 Å². The lowest BCUT2D eigenvalue weighted by Gasteiger charge is -2.23. The van der Waals surface area contributed by atoms with Gasteiger partial charge in [0.2, 0.25) is 5.91 Å². The smallest absolute Gasteiger partial charge is 0.222 e. The standard InChI is InChI=1S/C10H19NO/c1-4-10(12)11(3)9-6-5-8(2)7-9/h8-9H,4-7H2,1-3H3. The zero-order valence-corrected chi connectivity index (χ0v) is 8.34. The van der Waals surface area contributed by atoms with Gasteiger partial charge in [0.1, 0.15) is 0 Å². The van der Waals surface area contributed by atoms with Crippen LogP contribution in [0.25, 0.3) is 0 Å². The first-order chi connectivity index (χ1) is 5.65. The molecular weight excluding hydrogens is 150 g/mol. The Kier molecular flexibility index (Phi) is 3.12. The summed E-state index contributed by atoms with van der Waals surface area (Å²) in [7, 11) is 1.94. The molecule has 2 nitrogen and oxygen atoms in total. The van der Waals surface area contributed by atoms with Gasteiger partial charge in [0.05, 0.1) is 0 Å². The van der Waals surface area contributed by atoms with Crippen molar-refractivity contribution in [3.05, 3.63) is 0 Å². The molecule has 0 heterocycles. The Labute approximate surface area is 74.9 Å². The zero-order chi connectivity index (χ0) is 9.14. The molecule has 1 rings (SSSR count). The van der Waals surface area contributed by atoms with E-state index in [2.05, 4.69) is 6.92 Å². The lowest BCUT2D eigenvalue weighted by atomic mass is 10.1. The van der Waals surface area contributed by atoms with E-state index in [0.29, 0.717) is 12.5 Å². The number of amides is 1. The Morgan fingerprint density at radius 3 is 2.58 bits per heavy atom. The van der Waals surface area contributed by atoms with E-state index in [0.717, 1.165) is 5.92 Å². The molecule has 12 heavy (non-hydrogen) atoms. The molecule has 70 valence electrons. The van der Waals surface area contributed by atoms with Gasteiger partial charge < -0.3 is 4.90 Å². The molecule has 0 aromatic rings. The van der Waals surface area contributed by atoms with Crippen LogP contribution in [0.15, 0.2) is 0 Å². The van der Waals surface area contributed by atoms with Crippen LogP contribution in [0.3, 0.4) is 0 Å². The van der Waals surface area contributed by atoms with Crippen LogP contribution in [-0.4, -0.2) is 23.9 Å². The normalized spacial score (nSPS) is 28.9. The van der Waals surface area contributed by atoms with E-state index in [1.807, 2.05) is 18.9 Å². The maximum atomic E-state index is 11.3. The number of hydrogen-bond acceptors (Lipinski definition) is 1. The van der Waals surface area contributed by atoms with Crippen LogP contribution in [0, 0.1) is 5.92 Å². The first-order valence-electron chi connectivity index (χ1n) is 4.90. The van der Waals surface area contributed by atoms with Crippen LogP contribution in [0.1, 0.15) is 39.5 Å². The van der Waals surface area contributed by atoms with Crippen LogP contribution >= 0.6 is 0 Å². The van der Waals surface area contributed by atoms with Gasteiger partial charge in [0, 0.05) is 19.5 Å². The fourth-order valence-corrected chi connectivity index (χ4v) is 1.98. The van der Waals surface area contributed by atoms with Gasteiger partial charge in [0.15, 0.2) is 0 Å². The largest absolute Gasteiger partial charge is 0.343 e. The van der Waals surface area contributed by atoms with Crippen LogP contribution in [0.2, 0.25) is 0 Å². The fraction of sp³-hybridized carbons (Fsp3) is 0.900. The average molecular weight is 169 g/mol. The van der Waals surface area contributed by atoms with Crippen molar-refractivity contribution >= 4 is 5.91 Å². The molecule has 0 spiro atoms. The van der Waals surface area contributed by atoms with E-state index < -0.39 is 0 Å². The van der Waals surface area contributed by atoms with Gasteiger partial charge in [-0.3, -0.25) is 4.79 Å². The molecule has 1 aliphatic rings. The molecule has 0 aliphatic heterocycles. The predicted molar refractivity (Wildman–Crippen MR) is 49.9 cm³/mol. The summed E-state index contributed by atoms with van der Waals surface area (Å²) in [4.78, 5) is 13.3. The Balaban J connectivity index is 2.42. The maximum Gasteiger partial charge on any atom is 0.222 e. The van der Waals surface area contributed by atoms with Crippen LogP contribution < -0.4 is 0 Å². The summed E-state index contributed by atoms with van der Waals surface area (Å²) in [5, 5.41) is 0. The van der Waals surface area contributed by atoms with Gasteiger partial charge in [-0.1, -0.05) is 13.8 Å². The maximum absolute atomic E-state index is 11.3. The third-order valence-electron chi connectivity index (χ3n) is 2.91. The molecule has 0 saturated heterocycles. The minimum absolute atomic E-state index is 0.286. The summed E-state index contributed by atoms with van der Waals surface area (Å²) in [5.41, 5.74) is 0.